The van der Waals surface area contributed by atoms with E-state index in [9.17, 15) is 13.2 Å². The Labute approximate surface area is 168 Å². The number of hydrogen-bond acceptors (Lipinski definition) is 8. The summed E-state index contributed by atoms with van der Waals surface area (Å²) in [6, 6.07) is 9.24. The summed E-state index contributed by atoms with van der Waals surface area (Å²) >= 11 is 0. The van der Waals surface area contributed by atoms with Crippen molar-refractivity contribution in [1.82, 2.24) is 19.4 Å². The van der Waals surface area contributed by atoms with Crippen molar-refractivity contribution in [3.05, 3.63) is 60.2 Å². The van der Waals surface area contributed by atoms with Gasteiger partial charge in [0.15, 0.2) is 6.61 Å². The zero-order valence-electron chi connectivity index (χ0n) is 16.0. The fourth-order valence-corrected chi connectivity index (χ4v) is 4.14. The van der Waals surface area contributed by atoms with Gasteiger partial charge in [0.1, 0.15) is 0 Å². The predicted molar refractivity (Wildman–Crippen MR) is 103 cm³/mol. The van der Waals surface area contributed by atoms with Gasteiger partial charge in [-0.05, 0) is 30.3 Å². The second-order valence-electron chi connectivity index (χ2n) is 5.95. The highest BCUT2D eigenvalue weighted by molar-refractivity contribution is 7.89. The van der Waals surface area contributed by atoms with Gasteiger partial charge >= 0.3 is 5.97 Å². The van der Waals surface area contributed by atoms with Crippen LogP contribution in [0.15, 0.2) is 58.2 Å². The monoisotopic (exact) mass is 416 g/mol. The third-order valence-electron chi connectivity index (χ3n) is 4.13. The highest BCUT2D eigenvalue weighted by Crippen LogP contribution is 2.18. The van der Waals surface area contributed by atoms with Crippen molar-refractivity contribution < 1.29 is 22.5 Å². The molecule has 29 heavy (non-hydrogen) atoms. The molecule has 0 saturated carbocycles. The van der Waals surface area contributed by atoms with Crippen LogP contribution in [0, 0.1) is 0 Å². The molecule has 2 heterocycles. The normalized spacial score (nSPS) is 11.6. The first kappa shape index (κ1) is 20.6. The zero-order valence-corrected chi connectivity index (χ0v) is 16.8. The van der Waals surface area contributed by atoms with Gasteiger partial charge < -0.3 is 9.26 Å². The summed E-state index contributed by atoms with van der Waals surface area (Å²) in [6.07, 6.45) is 3.21. The topological polar surface area (TPSA) is 115 Å². The van der Waals surface area contributed by atoms with Crippen LogP contribution in [-0.4, -0.2) is 46.9 Å². The van der Waals surface area contributed by atoms with Crippen LogP contribution in [0.4, 0.5) is 0 Å². The van der Waals surface area contributed by atoms with E-state index in [2.05, 4.69) is 15.1 Å². The predicted octanol–water partition coefficient (Wildman–Crippen LogP) is 2.52. The van der Waals surface area contributed by atoms with Gasteiger partial charge in [0.2, 0.25) is 15.8 Å². The molecule has 0 aliphatic heterocycles. The van der Waals surface area contributed by atoms with Gasteiger partial charge in [0.05, 0.1) is 10.5 Å². The summed E-state index contributed by atoms with van der Waals surface area (Å²) in [4.78, 5) is 20.5. The van der Waals surface area contributed by atoms with Gasteiger partial charge in [-0.3, -0.25) is 4.98 Å². The molecule has 0 radical (unpaired) electrons. The fraction of sp³-hybridized carbons (Fsp3) is 0.263. The summed E-state index contributed by atoms with van der Waals surface area (Å²) in [6.45, 7) is 3.94. The van der Waals surface area contributed by atoms with Crippen molar-refractivity contribution in [1.29, 1.82) is 0 Å². The van der Waals surface area contributed by atoms with Gasteiger partial charge in [-0.2, -0.15) is 9.29 Å². The first-order valence-electron chi connectivity index (χ1n) is 8.96. The number of esters is 1. The quantitative estimate of drug-likeness (QED) is 0.515. The molecule has 3 aromatic rings. The van der Waals surface area contributed by atoms with Crippen LogP contribution in [0.25, 0.3) is 11.4 Å². The molecule has 0 aliphatic rings. The Balaban J connectivity index is 1.70. The average Bonchev–Trinajstić information content (AvgIpc) is 3.22. The summed E-state index contributed by atoms with van der Waals surface area (Å²) in [7, 11) is -3.67. The standard InChI is InChI=1S/C19H20N4O5S/c1-3-23(4-2)29(25,26)16-9-5-7-14(11-16)19(24)27-13-17-21-18(22-28-17)15-8-6-10-20-12-15/h5-12H,3-4,13H2,1-2H3. The molecule has 0 N–H and O–H groups in total. The number of carbonyl (C=O) groups excluding carboxylic acids is 1. The van der Waals surface area contributed by atoms with Crippen LogP contribution >= 0.6 is 0 Å². The number of rotatable bonds is 8. The van der Waals surface area contributed by atoms with Crippen molar-refractivity contribution in [3.8, 4) is 11.4 Å². The third kappa shape index (κ3) is 4.66. The van der Waals surface area contributed by atoms with E-state index in [1.807, 2.05) is 0 Å². The molecule has 1 aromatic carbocycles. The first-order chi connectivity index (χ1) is 14.0. The Morgan fingerprint density at radius 2 is 1.97 bits per heavy atom. The molecule has 0 unspecified atom stereocenters. The van der Waals surface area contributed by atoms with E-state index in [1.54, 1.807) is 38.4 Å². The van der Waals surface area contributed by atoms with Gasteiger partial charge in [-0.25, -0.2) is 13.2 Å². The third-order valence-corrected chi connectivity index (χ3v) is 6.17. The van der Waals surface area contributed by atoms with E-state index in [0.717, 1.165) is 0 Å². The fourth-order valence-electron chi connectivity index (χ4n) is 2.63. The number of aromatic nitrogens is 3. The lowest BCUT2D eigenvalue weighted by molar-refractivity contribution is 0.0429. The number of sulfonamides is 1. The zero-order chi connectivity index (χ0) is 20.9. The Morgan fingerprint density at radius 3 is 2.66 bits per heavy atom. The second-order valence-corrected chi connectivity index (χ2v) is 7.88. The number of carbonyl (C=O) groups is 1. The SMILES string of the molecule is CCN(CC)S(=O)(=O)c1cccc(C(=O)OCc2nc(-c3cccnc3)no2)c1. The molecule has 0 bridgehead atoms. The van der Waals surface area contributed by atoms with Crippen molar-refractivity contribution in [2.45, 2.75) is 25.3 Å². The summed E-state index contributed by atoms with van der Waals surface area (Å²) in [5, 5.41) is 3.82. The number of benzene rings is 1. The molecule has 0 atom stereocenters. The molecule has 0 fully saturated rings. The van der Waals surface area contributed by atoms with Gasteiger partial charge in [-0.15, -0.1) is 0 Å². The maximum atomic E-state index is 12.6. The first-order valence-corrected chi connectivity index (χ1v) is 10.4. The van der Waals surface area contributed by atoms with Gasteiger partial charge in [0, 0.05) is 31.0 Å². The highest BCUT2D eigenvalue weighted by atomic mass is 32.2. The average molecular weight is 416 g/mol. The van der Waals surface area contributed by atoms with Gasteiger partial charge in [0.25, 0.3) is 5.89 Å². The number of ether oxygens (including phenoxy) is 1. The highest BCUT2D eigenvalue weighted by Gasteiger charge is 2.23. The molecular weight excluding hydrogens is 396 g/mol. The number of pyridine rings is 1. The van der Waals surface area contributed by atoms with E-state index >= 15 is 0 Å². The van der Waals surface area contributed by atoms with Crippen LogP contribution in [0.3, 0.4) is 0 Å². The van der Waals surface area contributed by atoms with Gasteiger partial charge in [-0.1, -0.05) is 25.1 Å². The van der Waals surface area contributed by atoms with E-state index in [4.69, 9.17) is 9.26 Å². The van der Waals surface area contributed by atoms with Crippen LogP contribution in [0.1, 0.15) is 30.1 Å². The molecule has 2 aromatic heterocycles. The largest absolute Gasteiger partial charge is 0.452 e. The summed E-state index contributed by atoms with van der Waals surface area (Å²) in [5.74, 6) is -0.247. The van der Waals surface area contributed by atoms with Crippen LogP contribution in [0.5, 0.6) is 0 Å². The molecule has 0 spiro atoms. The Bertz CT molecular complexity index is 1080. The Morgan fingerprint density at radius 1 is 1.17 bits per heavy atom. The van der Waals surface area contributed by atoms with E-state index < -0.39 is 16.0 Å². The van der Waals surface area contributed by atoms with Crippen molar-refractivity contribution in [2.75, 3.05) is 13.1 Å². The molecule has 0 saturated heterocycles. The van der Waals surface area contributed by atoms with Crippen LogP contribution in [0.2, 0.25) is 0 Å². The number of nitrogens with zero attached hydrogens (tertiary/aromatic N) is 4. The second kappa shape index (κ2) is 8.93. The van der Waals surface area contributed by atoms with E-state index in [0.29, 0.717) is 24.5 Å². The lowest BCUT2D eigenvalue weighted by Crippen LogP contribution is -2.30. The number of hydrogen-bond donors (Lipinski definition) is 0. The summed E-state index contributed by atoms with van der Waals surface area (Å²) < 4.78 is 36.8. The van der Waals surface area contributed by atoms with Crippen LogP contribution < -0.4 is 0 Å². The lowest BCUT2D eigenvalue weighted by Gasteiger charge is -2.18. The van der Waals surface area contributed by atoms with Crippen molar-refractivity contribution in [3.63, 3.8) is 0 Å². The molecule has 152 valence electrons. The van der Waals surface area contributed by atoms with E-state index in [1.165, 1.54) is 28.6 Å². The van der Waals surface area contributed by atoms with Crippen molar-refractivity contribution in [2.24, 2.45) is 0 Å². The van der Waals surface area contributed by atoms with Crippen LogP contribution in [-0.2, 0) is 21.4 Å². The molecule has 3 rings (SSSR count). The smallest absolute Gasteiger partial charge is 0.338 e. The maximum Gasteiger partial charge on any atom is 0.338 e. The Kier molecular flexibility index (Phi) is 6.35. The summed E-state index contributed by atoms with van der Waals surface area (Å²) in [5.41, 5.74) is 0.786. The minimum absolute atomic E-state index is 0.0345. The van der Waals surface area contributed by atoms with E-state index in [-0.39, 0.29) is 23.0 Å². The molecule has 0 aliphatic carbocycles. The Hall–Kier alpha value is -3.11. The minimum Gasteiger partial charge on any atom is -0.452 e. The maximum absolute atomic E-state index is 12.6. The lowest BCUT2D eigenvalue weighted by atomic mass is 10.2. The molecule has 0 amide bonds. The molecule has 10 heteroatoms. The molecular formula is C19H20N4O5S. The minimum atomic E-state index is -3.67. The molecule has 9 nitrogen and oxygen atoms in total. The van der Waals surface area contributed by atoms with Crippen molar-refractivity contribution >= 4 is 16.0 Å².